The summed E-state index contributed by atoms with van der Waals surface area (Å²) in [6.45, 7) is 1.26. The zero-order valence-electron chi connectivity index (χ0n) is 17.4. The SMILES string of the molecule is O=S(=O)(c1cc(F)c(Nc2ncc(/C=C/c3cccc(O)c3)cn2)cc1F)N1CCNCC1. The molecule has 2 heterocycles. The molecule has 11 heteroatoms. The Hall–Kier alpha value is -3.41. The van der Waals surface area contributed by atoms with Crippen LogP contribution in [-0.2, 0) is 10.0 Å². The smallest absolute Gasteiger partial charge is 0.246 e. The number of piperazine rings is 1. The van der Waals surface area contributed by atoms with E-state index in [9.17, 15) is 22.3 Å². The summed E-state index contributed by atoms with van der Waals surface area (Å²) in [5.41, 5.74) is 1.15. The maximum absolute atomic E-state index is 14.6. The van der Waals surface area contributed by atoms with E-state index in [1.165, 1.54) is 12.4 Å². The Bertz CT molecular complexity index is 1280. The summed E-state index contributed by atoms with van der Waals surface area (Å²) in [7, 11) is -4.15. The number of nitrogens with zero attached hydrogens (tertiary/aromatic N) is 3. The van der Waals surface area contributed by atoms with E-state index in [4.69, 9.17) is 0 Å². The maximum Gasteiger partial charge on any atom is 0.246 e. The van der Waals surface area contributed by atoms with Gasteiger partial charge in [0.2, 0.25) is 16.0 Å². The summed E-state index contributed by atoms with van der Waals surface area (Å²) in [4.78, 5) is 7.44. The molecule has 1 saturated heterocycles. The highest BCUT2D eigenvalue weighted by Crippen LogP contribution is 2.27. The first kappa shape index (κ1) is 22.8. The molecule has 1 fully saturated rings. The van der Waals surface area contributed by atoms with Crippen molar-refractivity contribution in [2.24, 2.45) is 0 Å². The molecule has 3 aromatic rings. The van der Waals surface area contributed by atoms with E-state index in [1.807, 2.05) is 6.07 Å². The summed E-state index contributed by atoms with van der Waals surface area (Å²) in [6, 6.07) is 8.14. The van der Waals surface area contributed by atoms with Crippen molar-refractivity contribution in [3.05, 3.63) is 71.6 Å². The molecule has 0 atom stereocenters. The van der Waals surface area contributed by atoms with Crippen molar-refractivity contribution in [1.29, 1.82) is 0 Å². The second-order valence-corrected chi connectivity index (χ2v) is 9.22. The predicted octanol–water partition coefficient (Wildman–Crippen LogP) is 2.97. The van der Waals surface area contributed by atoms with Gasteiger partial charge < -0.3 is 15.7 Å². The van der Waals surface area contributed by atoms with E-state index in [0.717, 1.165) is 15.9 Å². The lowest BCUT2D eigenvalue weighted by Crippen LogP contribution is -2.46. The van der Waals surface area contributed by atoms with Crippen molar-refractivity contribution in [2.75, 3.05) is 31.5 Å². The highest BCUT2D eigenvalue weighted by Gasteiger charge is 2.30. The molecule has 33 heavy (non-hydrogen) atoms. The van der Waals surface area contributed by atoms with Gasteiger partial charge in [-0.3, -0.25) is 0 Å². The molecule has 0 amide bonds. The lowest BCUT2D eigenvalue weighted by molar-refractivity contribution is 0.358. The molecule has 2 aromatic carbocycles. The first-order valence-electron chi connectivity index (χ1n) is 10.1. The predicted molar refractivity (Wildman–Crippen MR) is 120 cm³/mol. The van der Waals surface area contributed by atoms with Crippen molar-refractivity contribution in [3.63, 3.8) is 0 Å². The highest BCUT2D eigenvalue weighted by molar-refractivity contribution is 7.89. The van der Waals surface area contributed by atoms with Crippen LogP contribution >= 0.6 is 0 Å². The molecule has 0 bridgehead atoms. The number of sulfonamides is 1. The molecule has 1 aromatic heterocycles. The van der Waals surface area contributed by atoms with Crippen molar-refractivity contribution in [3.8, 4) is 5.75 Å². The molecule has 4 rings (SSSR count). The van der Waals surface area contributed by atoms with Gasteiger partial charge in [-0.15, -0.1) is 0 Å². The van der Waals surface area contributed by atoms with Gasteiger partial charge in [0, 0.05) is 50.2 Å². The Labute approximate surface area is 189 Å². The number of aromatic nitrogens is 2. The van der Waals surface area contributed by atoms with Crippen LogP contribution in [0.5, 0.6) is 5.75 Å². The molecular formula is C22H21F2N5O3S. The Balaban J connectivity index is 1.49. The third-order valence-electron chi connectivity index (χ3n) is 4.97. The average molecular weight is 474 g/mol. The van der Waals surface area contributed by atoms with Crippen LogP contribution in [-0.4, -0.2) is 54.0 Å². The molecule has 3 N–H and O–H groups in total. The molecule has 0 aliphatic carbocycles. The van der Waals surface area contributed by atoms with E-state index in [1.54, 1.807) is 30.4 Å². The van der Waals surface area contributed by atoms with Gasteiger partial charge in [0.15, 0.2) is 0 Å². The number of hydrogen-bond donors (Lipinski definition) is 3. The molecule has 0 saturated carbocycles. The fourth-order valence-corrected chi connectivity index (χ4v) is 4.78. The van der Waals surface area contributed by atoms with Crippen LogP contribution in [0.3, 0.4) is 0 Å². The number of anilines is 2. The van der Waals surface area contributed by atoms with Crippen LogP contribution < -0.4 is 10.6 Å². The number of hydrogen-bond acceptors (Lipinski definition) is 7. The Morgan fingerprint density at radius 3 is 2.39 bits per heavy atom. The average Bonchev–Trinajstić information content (AvgIpc) is 2.81. The molecule has 1 aliphatic heterocycles. The fourth-order valence-electron chi connectivity index (χ4n) is 3.28. The van der Waals surface area contributed by atoms with Gasteiger partial charge in [-0.05, 0) is 23.8 Å². The normalized spacial score (nSPS) is 15.1. The molecule has 172 valence electrons. The van der Waals surface area contributed by atoms with Crippen molar-refractivity contribution in [2.45, 2.75) is 4.90 Å². The zero-order valence-corrected chi connectivity index (χ0v) is 18.2. The maximum atomic E-state index is 14.6. The number of halogens is 2. The van der Waals surface area contributed by atoms with Crippen molar-refractivity contribution in [1.82, 2.24) is 19.6 Å². The Morgan fingerprint density at radius 1 is 1.00 bits per heavy atom. The summed E-state index contributed by atoms with van der Waals surface area (Å²) >= 11 is 0. The minimum Gasteiger partial charge on any atom is -0.508 e. The molecule has 0 spiro atoms. The van der Waals surface area contributed by atoms with Crippen LogP contribution in [0.25, 0.3) is 12.2 Å². The van der Waals surface area contributed by atoms with Gasteiger partial charge in [-0.25, -0.2) is 27.2 Å². The second kappa shape index (κ2) is 9.61. The zero-order chi connectivity index (χ0) is 23.4. The summed E-state index contributed by atoms with van der Waals surface area (Å²) in [6.07, 6.45) is 6.45. The third-order valence-corrected chi connectivity index (χ3v) is 6.89. The standard InChI is InChI=1S/C22H21F2N5O3S/c23-18-12-21(33(31,32)29-8-6-25-7-9-29)19(24)11-20(18)28-22-26-13-16(14-27-22)5-4-15-2-1-3-17(30)10-15/h1-5,10-14,25,30H,6-9H2,(H,26,27,28)/b5-4+. The lowest BCUT2D eigenvalue weighted by Gasteiger charge is -2.26. The van der Waals surface area contributed by atoms with Crippen LogP contribution in [0.1, 0.15) is 11.1 Å². The number of rotatable bonds is 6. The molecular weight excluding hydrogens is 452 g/mol. The summed E-state index contributed by atoms with van der Waals surface area (Å²) in [5, 5.41) is 15.1. The van der Waals surface area contributed by atoms with Crippen LogP contribution in [0.2, 0.25) is 0 Å². The Kier molecular flexibility index (Phi) is 6.63. The van der Waals surface area contributed by atoms with Gasteiger partial charge in [-0.1, -0.05) is 24.3 Å². The first-order chi connectivity index (χ1) is 15.8. The van der Waals surface area contributed by atoms with Crippen molar-refractivity contribution >= 4 is 33.8 Å². The quantitative estimate of drug-likeness (QED) is 0.505. The molecule has 0 radical (unpaired) electrons. The summed E-state index contributed by atoms with van der Waals surface area (Å²) < 4.78 is 55.7. The molecule has 1 aliphatic rings. The number of nitrogens with one attached hydrogen (secondary N) is 2. The van der Waals surface area contributed by atoms with Crippen LogP contribution in [0.4, 0.5) is 20.4 Å². The van der Waals surface area contributed by atoms with Gasteiger partial charge in [0.1, 0.15) is 22.3 Å². The number of benzene rings is 2. The van der Waals surface area contributed by atoms with Crippen molar-refractivity contribution < 1.29 is 22.3 Å². The Morgan fingerprint density at radius 2 is 1.70 bits per heavy atom. The van der Waals surface area contributed by atoms with E-state index >= 15 is 0 Å². The van der Waals surface area contributed by atoms with Gasteiger partial charge in [0.25, 0.3) is 0 Å². The minimum atomic E-state index is -4.15. The van der Waals surface area contributed by atoms with E-state index in [-0.39, 0.29) is 30.5 Å². The van der Waals surface area contributed by atoms with Gasteiger partial charge in [0.05, 0.1) is 5.69 Å². The topological polar surface area (TPSA) is 107 Å². The molecule has 0 unspecified atom stereocenters. The van der Waals surface area contributed by atoms with Gasteiger partial charge >= 0.3 is 0 Å². The van der Waals surface area contributed by atoms with Crippen LogP contribution in [0.15, 0.2) is 53.7 Å². The highest BCUT2D eigenvalue weighted by atomic mass is 32.2. The number of phenolic OH excluding ortho intramolecular Hbond substituents is 1. The summed E-state index contributed by atoms with van der Waals surface area (Å²) in [5.74, 6) is -1.85. The monoisotopic (exact) mass is 473 g/mol. The first-order valence-corrected chi connectivity index (χ1v) is 11.5. The number of aromatic hydroxyl groups is 1. The molecule has 8 nitrogen and oxygen atoms in total. The fraction of sp³-hybridized carbons (Fsp3) is 0.182. The van der Waals surface area contributed by atoms with E-state index in [2.05, 4.69) is 20.6 Å². The second-order valence-electron chi connectivity index (χ2n) is 7.31. The van der Waals surface area contributed by atoms with Crippen LogP contribution in [0, 0.1) is 11.6 Å². The third kappa shape index (κ3) is 5.33. The lowest BCUT2D eigenvalue weighted by atomic mass is 10.2. The number of phenols is 1. The van der Waals surface area contributed by atoms with E-state index < -0.39 is 26.6 Å². The largest absolute Gasteiger partial charge is 0.508 e. The van der Waals surface area contributed by atoms with Gasteiger partial charge in [-0.2, -0.15) is 4.31 Å². The minimum absolute atomic E-state index is 0.0144. The van der Waals surface area contributed by atoms with E-state index in [0.29, 0.717) is 24.7 Å².